The number of rotatable bonds is 39. The van der Waals surface area contributed by atoms with Gasteiger partial charge in [0.1, 0.15) is 19.8 Å². The zero-order valence-corrected chi connectivity index (χ0v) is 35.5. The molecule has 10 heteroatoms. The van der Waals surface area contributed by atoms with Crippen molar-refractivity contribution in [3.63, 3.8) is 0 Å². The molecule has 0 spiro atoms. The van der Waals surface area contributed by atoms with Crippen molar-refractivity contribution in [1.29, 1.82) is 0 Å². The summed E-state index contributed by atoms with van der Waals surface area (Å²) in [6.07, 6.45) is 35.3. The number of likely N-dealkylation sites (N-methyl/N-ethyl adjacent to an activating group) is 1. The fraction of sp³-hybridized carbons (Fsp3) is 0.905. The zero-order chi connectivity index (χ0) is 38.6. The highest BCUT2D eigenvalue weighted by atomic mass is 31.2. The monoisotopic (exact) mass is 763 g/mol. The van der Waals surface area contributed by atoms with E-state index in [1.165, 1.54) is 109 Å². The van der Waals surface area contributed by atoms with E-state index in [-0.39, 0.29) is 25.6 Å². The number of phosphoric ester groups is 1. The first kappa shape index (κ1) is 50.8. The number of hydrogen-bond donors (Lipinski definition) is 1. The second-order valence-electron chi connectivity index (χ2n) is 15.7. The zero-order valence-electron chi connectivity index (χ0n) is 34.6. The van der Waals surface area contributed by atoms with E-state index in [0.717, 1.165) is 51.4 Å². The molecule has 0 aliphatic heterocycles. The molecule has 0 heterocycles. The van der Waals surface area contributed by atoms with Gasteiger partial charge in [-0.3, -0.25) is 18.6 Å². The molecule has 9 nitrogen and oxygen atoms in total. The van der Waals surface area contributed by atoms with Crippen molar-refractivity contribution >= 4 is 19.8 Å². The highest BCUT2D eigenvalue weighted by Gasteiger charge is 2.27. The molecule has 0 aromatic heterocycles. The van der Waals surface area contributed by atoms with E-state index in [9.17, 15) is 19.0 Å². The van der Waals surface area contributed by atoms with E-state index in [2.05, 4.69) is 26.0 Å². The van der Waals surface area contributed by atoms with Crippen LogP contribution in [0.3, 0.4) is 0 Å². The molecule has 2 atom stereocenters. The van der Waals surface area contributed by atoms with Crippen molar-refractivity contribution in [3.8, 4) is 0 Å². The number of allylic oxidation sites excluding steroid dienone is 2. The predicted molar refractivity (Wildman–Crippen MR) is 215 cm³/mol. The second kappa shape index (κ2) is 35.5. The third kappa shape index (κ3) is 38.5. The minimum Gasteiger partial charge on any atom is -0.462 e. The molecule has 0 aliphatic rings. The predicted octanol–water partition coefficient (Wildman–Crippen LogP) is 11.8. The lowest BCUT2D eigenvalue weighted by molar-refractivity contribution is -0.870. The molecule has 0 aromatic rings. The second-order valence-corrected chi connectivity index (χ2v) is 17.2. The van der Waals surface area contributed by atoms with Gasteiger partial charge < -0.3 is 18.9 Å². The molecule has 0 aromatic carbocycles. The summed E-state index contributed by atoms with van der Waals surface area (Å²) in [6, 6.07) is 0. The molecular formula is C42H83NO8P+. The Morgan fingerprint density at radius 1 is 0.654 bits per heavy atom. The van der Waals surface area contributed by atoms with Crippen LogP contribution in [0.5, 0.6) is 0 Å². The first-order valence-corrected chi connectivity index (χ1v) is 22.9. The topological polar surface area (TPSA) is 108 Å². The van der Waals surface area contributed by atoms with Gasteiger partial charge in [0.2, 0.25) is 0 Å². The van der Waals surface area contributed by atoms with E-state index < -0.39 is 26.5 Å². The third-order valence-electron chi connectivity index (χ3n) is 9.30. The molecule has 308 valence electrons. The van der Waals surface area contributed by atoms with Gasteiger partial charge in [-0.15, -0.1) is 0 Å². The van der Waals surface area contributed by atoms with Gasteiger partial charge in [0, 0.05) is 12.8 Å². The summed E-state index contributed by atoms with van der Waals surface area (Å²) in [5, 5.41) is 0. The van der Waals surface area contributed by atoms with Gasteiger partial charge in [-0.05, 0) is 38.5 Å². The summed E-state index contributed by atoms with van der Waals surface area (Å²) in [7, 11) is 1.48. The fourth-order valence-corrected chi connectivity index (χ4v) is 6.63. The van der Waals surface area contributed by atoms with E-state index in [1.807, 2.05) is 21.1 Å². The quantitative estimate of drug-likeness (QED) is 0.0217. The Morgan fingerprint density at radius 2 is 1.10 bits per heavy atom. The number of carbonyl (C=O) groups is 2. The van der Waals surface area contributed by atoms with Gasteiger partial charge in [0.25, 0.3) is 0 Å². The Bertz CT molecular complexity index is 907. The van der Waals surface area contributed by atoms with Crippen LogP contribution in [-0.4, -0.2) is 74.9 Å². The van der Waals surface area contributed by atoms with Gasteiger partial charge in [-0.25, -0.2) is 4.57 Å². The standard InChI is InChI=1S/C42H82NO8P/c1-6-8-10-12-14-16-18-20-21-23-25-27-29-31-33-35-42(45)51-40(39-50-52(46,47)49-37-36-43(3,4)5)38-48-41(44)34-32-30-28-26-24-22-19-17-15-13-11-9-7-2/h20-21,40H,6-19,22-39H2,1-5H3/p+1/b21-20-/t40-/m1/s1/i41+2. The largest absolute Gasteiger partial charge is 0.472 e. The maximum atomic E-state index is 12.7. The van der Waals surface area contributed by atoms with Crippen molar-refractivity contribution in [2.24, 2.45) is 0 Å². The van der Waals surface area contributed by atoms with Crippen molar-refractivity contribution in [1.82, 2.24) is 0 Å². The molecule has 0 radical (unpaired) electrons. The summed E-state index contributed by atoms with van der Waals surface area (Å²) < 4.78 is 34.3. The number of quaternary nitrogens is 1. The average Bonchev–Trinajstić information content (AvgIpc) is 3.09. The SMILES string of the molecule is CCCCCCCC/C=C\CCCCCCCC(=O)O[C@H](CO[14C](=O)CCCCCCCCCCCCCCC)COP(=O)(O)OCC[N+](C)(C)C. The molecule has 52 heavy (non-hydrogen) atoms. The van der Waals surface area contributed by atoms with Crippen LogP contribution in [0, 0.1) is 0 Å². The van der Waals surface area contributed by atoms with Gasteiger partial charge in [-0.2, -0.15) is 0 Å². The van der Waals surface area contributed by atoms with Crippen LogP contribution in [0.4, 0.5) is 0 Å². The summed E-state index contributed by atoms with van der Waals surface area (Å²) in [5.41, 5.74) is 0. The minimum atomic E-state index is -4.37. The summed E-state index contributed by atoms with van der Waals surface area (Å²) >= 11 is 0. The summed E-state index contributed by atoms with van der Waals surface area (Å²) in [4.78, 5) is 35.3. The van der Waals surface area contributed by atoms with E-state index in [4.69, 9.17) is 18.5 Å². The molecular weight excluding hydrogens is 679 g/mol. The molecule has 1 unspecified atom stereocenters. The van der Waals surface area contributed by atoms with Crippen molar-refractivity contribution in [2.75, 3.05) is 47.5 Å². The van der Waals surface area contributed by atoms with Crippen LogP contribution >= 0.6 is 7.82 Å². The lowest BCUT2D eigenvalue weighted by atomic mass is 10.0. The Kier molecular flexibility index (Phi) is 34.6. The normalized spacial score (nSPS) is 13.7. The Hall–Kier alpha value is -1.25. The highest BCUT2D eigenvalue weighted by molar-refractivity contribution is 7.47. The van der Waals surface area contributed by atoms with E-state index in [0.29, 0.717) is 23.9 Å². The molecule has 0 aliphatic carbocycles. The number of carbonyl (C=O) groups excluding carboxylic acids is 2. The number of hydrogen-bond acceptors (Lipinski definition) is 7. The maximum Gasteiger partial charge on any atom is 0.472 e. The molecule has 0 fully saturated rings. The van der Waals surface area contributed by atoms with Crippen LogP contribution in [0.1, 0.15) is 194 Å². The maximum absolute atomic E-state index is 12.7. The van der Waals surface area contributed by atoms with Gasteiger partial charge in [0.05, 0.1) is 27.7 Å². The smallest absolute Gasteiger partial charge is 0.462 e. The number of esters is 2. The Labute approximate surface area is 320 Å². The Morgan fingerprint density at radius 3 is 1.58 bits per heavy atom. The lowest BCUT2D eigenvalue weighted by Gasteiger charge is -2.24. The minimum absolute atomic E-state index is 0.0331. The fourth-order valence-electron chi connectivity index (χ4n) is 5.89. The number of unbranched alkanes of at least 4 members (excludes halogenated alkanes) is 23. The first-order chi connectivity index (χ1) is 25.0. The average molecular weight is 763 g/mol. The van der Waals surface area contributed by atoms with Crippen LogP contribution < -0.4 is 0 Å². The van der Waals surface area contributed by atoms with Crippen LogP contribution in [0.15, 0.2) is 12.2 Å². The first-order valence-electron chi connectivity index (χ1n) is 21.4. The Balaban J connectivity index is 4.37. The van der Waals surface area contributed by atoms with Gasteiger partial charge >= 0.3 is 19.8 Å². The molecule has 0 saturated heterocycles. The van der Waals surface area contributed by atoms with E-state index in [1.54, 1.807) is 0 Å². The molecule has 0 rings (SSSR count). The molecule has 0 bridgehead atoms. The molecule has 0 amide bonds. The lowest BCUT2D eigenvalue weighted by Crippen LogP contribution is -2.37. The van der Waals surface area contributed by atoms with Gasteiger partial charge in [0.15, 0.2) is 6.10 Å². The summed E-state index contributed by atoms with van der Waals surface area (Å²) in [5.74, 6) is -0.801. The number of nitrogens with zero attached hydrogens (tertiary/aromatic N) is 1. The third-order valence-corrected chi connectivity index (χ3v) is 10.3. The van der Waals surface area contributed by atoms with Crippen molar-refractivity contribution < 1.29 is 42.1 Å². The summed E-state index contributed by atoms with van der Waals surface area (Å²) in [6.45, 7) is 4.42. The van der Waals surface area contributed by atoms with Crippen molar-refractivity contribution in [3.05, 3.63) is 12.2 Å². The van der Waals surface area contributed by atoms with Crippen LogP contribution in [-0.2, 0) is 32.7 Å². The highest BCUT2D eigenvalue weighted by Crippen LogP contribution is 2.43. The number of ether oxygens (including phenoxy) is 2. The molecule has 0 saturated carbocycles. The molecule has 1 N–H and O–H groups in total. The van der Waals surface area contributed by atoms with Crippen molar-refractivity contribution in [2.45, 2.75) is 200 Å². The number of phosphoric acid groups is 1. The van der Waals surface area contributed by atoms with E-state index >= 15 is 0 Å². The van der Waals surface area contributed by atoms with Crippen LogP contribution in [0.2, 0.25) is 0 Å². The van der Waals surface area contributed by atoms with Gasteiger partial charge in [-0.1, -0.05) is 154 Å². The van der Waals surface area contributed by atoms with Crippen LogP contribution in [0.25, 0.3) is 0 Å².